The fraction of sp³-hybridized carbons (Fsp3) is 0.778. The normalized spacial score (nSPS) is 27.3. The highest BCUT2D eigenvalue weighted by Crippen LogP contribution is 2.34. The van der Waals surface area contributed by atoms with Crippen LogP contribution >= 0.6 is 0 Å². The molecule has 1 nitrogen and oxygen atoms in total. The lowest BCUT2D eigenvalue weighted by atomic mass is 9.85. The molecule has 0 fully saturated rings. The van der Waals surface area contributed by atoms with Gasteiger partial charge in [-0.2, -0.15) is 0 Å². The van der Waals surface area contributed by atoms with E-state index in [9.17, 15) is 0 Å². The highest BCUT2D eigenvalue weighted by atomic mass is 15.1. The minimum absolute atomic E-state index is 1.29. The Morgan fingerprint density at radius 1 is 0.900 bits per heavy atom. The van der Waals surface area contributed by atoms with Crippen LogP contribution < -0.4 is 0 Å². The molecule has 10 heavy (non-hydrogen) atoms. The Hall–Kier alpha value is -0.300. The zero-order chi connectivity index (χ0) is 6.97. The molecule has 2 aliphatic rings. The molecular weight excluding hydrogens is 122 g/mol. The van der Waals surface area contributed by atoms with Gasteiger partial charge in [0.1, 0.15) is 0 Å². The predicted octanol–water partition coefficient (Wildman–Crippen LogP) is 1.80. The van der Waals surface area contributed by atoms with Gasteiger partial charge in [-0.1, -0.05) is 11.1 Å². The molecule has 1 heterocycles. The molecule has 1 heteroatoms. The van der Waals surface area contributed by atoms with Crippen molar-refractivity contribution in [3.8, 4) is 0 Å². The first-order valence-corrected chi connectivity index (χ1v) is 4.24. The number of hydrogen-bond donors (Lipinski definition) is 0. The van der Waals surface area contributed by atoms with Crippen molar-refractivity contribution in [2.75, 3.05) is 20.1 Å². The molecule has 0 saturated carbocycles. The highest BCUT2D eigenvalue weighted by molar-refractivity contribution is 5.25. The van der Waals surface area contributed by atoms with Gasteiger partial charge >= 0.3 is 0 Å². The van der Waals surface area contributed by atoms with Gasteiger partial charge in [-0.3, -0.25) is 0 Å². The third-order valence-electron chi connectivity index (χ3n) is 2.82. The van der Waals surface area contributed by atoms with Crippen LogP contribution in [-0.2, 0) is 0 Å². The lowest BCUT2D eigenvalue weighted by Gasteiger charge is -2.20. The molecule has 0 bridgehead atoms. The van der Waals surface area contributed by atoms with Gasteiger partial charge in [-0.05, 0) is 32.7 Å². The summed E-state index contributed by atoms with van der Waals surface area (Å²) in [7, 11) is 2.23. The van der Waals surface area contributed by atoms with Crippen molar-refractivity contribution >= 4 is 0 Å². The van der Waals surface area contributed by atoms with E-state index in [0.717, 1.165) is 0 Å². The minimum Gasteiger partial charge on any atom is -0.306 e. The Morgan fingerprint density at radius 3 is 1.80 bits per heavy atom. The Balaban J connectivity index is 2.04. The Labute approximate surface area is 62.7 Å². The van der Waals surface area contributed by atoms with E-state index in [1.807, 2.05) is 0 Å². The third kappa shape index (κ3) is 0.988. The Bertz CT molecular complexity index is 152. The van der Waals surface area contributed by atoms with Gasteiger partial charge < -0.3 is 4.90 Å². The summed E-state index contributed by atoms with van der Waals surface area (Å²) in [6.07, 6.45) is 5.52. The van der Waals surface area contributed by atoms with Crippen LogP contribution in [0.15, 0.2) is 11.1 Å². The SMILES string of the molecule is CN1CCC2=C(CC2)CC1. The lowest BCUT2D eigenvalue weighted by molar-refractivity contribution is 0.352. The third-order valence-corrected chi connectivity index (χ3v) is 2.82. The van der Waals surface area contributed by atoms with Crippen molar-refractivity contribution in [1.82, 2.24) is 4.90 Å². The summed E-state index contributed by atoms with van der Waals surface area (Å²) in [6, 6.07) is 0. The monoisotopic (exact) mass is 137 g/mol. The first-order valence-electron chi connectivity index (χ1n) is 4.24. The van der Waals surface area contributed by atoms with Gasteiger partial charge in [0.25, 0.3) is 0 Å². The lowest BCUT2D eigenvalue weighted by Crippen LogP contribution is -2.18. The summed E-state index contributed by atoms with van der Waals surface area (Å²) in [4.78, 5) is 2.44. The van der Waals surface area contributed by atoms with E-state index < -0.39 is 0 Å². The summed E-state index contributed by atoms with van der Waals surface area (Å²) in [5.41, 5.74) is 3.56. The summed E-state index contributed by atoms with van der Waals surface area (Å²) in [6.45, 7) is 2.58. The molecule has 0 aromatic rings. The van der Waals surface area contributed by atoms with Gasteiger partial charge in [0.05, 0.1) is 0 Å². The van der Waals surface area contributed by atoms with E-state index in [2.05, 4.69) is 11.9 Å². The second-order valence-electron chi connectivity index (χ2n) is 3.51. The second kappa shape index (κ2) is 2.39. The van der Waals surface area contributed by atoms with E-state index in [1.165, 1.54) is 38.8 Å². The number of hydrogen-bond acceptors (Lipinski definition) is 1. The van der Waals surface area contributed by atoms with Gasteiger partial charge in [0.15, 0.2) is 0 Å². The standard InChI is InChI=1S/C9H15N/c1-10-6-4-8-2-3-9(8)5-7-10/h2-7H2,1H3. The van der Waals surface area contributed by atoms with Gasteiger partial charge in [-0.25, -0.2) is 0 Å². The largest absolute Gasteiger partial charge is 0.306 e. The summed E-state index contributed by atoms with van der Waals surface area (Å²) < 4.78 is 0. The Morgan fingerprint density at radius 2 is 1.40 bits per heavy atom. The van der Waals surface area contributed by atoms with Crippen LogP contribution in [0.5, 0.6) is 0 Å². The summed E-state index contributed by atoms with van der Waals surface area (Å²) in [5, 5.41) is 0. The molecule has 0 atom stereocenters. The molecule has 1 aliphatic heterocycles. The molecule has 0 aromatic heterocycles. The molecule has 0 aromatic carbocycles. The topological polar surface area (TPSA) is 3.24 Å². The molecule has 0 radical (unpaired) electrons. The van der Waals surface area contributed by atoms with Gasteiger partial charge in [0.2, 0.25) is 0 Å². The average Bonchev–Trinajstić information content (AvgIpc) is 1.94. The maximum absolute atomic E-state index is 2.44. The zero-order valence-electron chi connectivity index (χ0n) is 6.69. The van der Waals surface area contributed by atoms with Crippen LogP contribution in [0.2, 0.25) is 0 Å². The zero-order valence-corrected chi connectivity index (χ0v) is 6.69. The van der Waals surface area contributed by atoms with Crippen LogP contribution in [0.3, 0.4) is 0 Å². The molecule has 0 amide bonds. The van der Waals surface area contributed by atoms with Crippen LogP contribution in [0, 0.1) is 0 Å². The molecule has 0 spiro atoms. The van der Waals surface area contributed by atoms with E-state index >= 15 is 0 Å². The van der Waals surface area contributed by atoms with Gasteiger partial charge in [0, 0.05) is 13.1 Å². The maximum Gasteiger partial charge on any atom is 0.00158 e. The smallest absolute Gasteiger partial charge is 0.00158 e. The van der Waals surface area contributed by atoms with Crippen molar-refractivity contribution in [3.05, 3.63) is 11.1 Å². The highest BCUT2D eigenvalue weighted by Gasteiger charge is 2.19. The quantitative estimate of drug-likeness (QED) is 0.460. The summed E-state index contributed by atoms with van der Waals surface area (Å²) in [5.74, 6) is 0. The molecule has 0 N–H and O–H groups in total. The van der Waals surface area contributed by atoms with E-state index in [1.54, 1.807) is 11.1 Å². The minimum atomic E-state index is 1.29. The van der Waals surface area contributed by atoms with Crippen molar-refractivity contribution < 1.29 is 0 Å². The second-order valence-corrected chi connectivity index (χ2v) is 3.51. The van der Waals surface area contributed by atoms with Crippen LogP contribution in [0.25, 0.3) is 0 Å². The van der Waals surface area contributed by atoms with Crippen molar-refractivity contribution in [3.63, 3.8) is 0 Å². The Kier molecular flexibility index (Phi) is 1.53. The molecule has 1 aliphatic carbocycles. The first kappa shape index (κ1) is 6.41. The van der Waals surface area contributed by atoms with E-state index in [0.29, 0.717) is 0 Å². The van der Waals surface area contributed by atoms with Crippen molar-refractivity contribution in [2.45, 2.75) is 25.7 Å². The molecule has 0 saturated heterocycles. The average molecular weight is 137 g/mol. The number of rotatable bonds is 0. The first-order chi connectivity index (χ1) is 4.86. The van der Waals surface area contributed by atoms with Gasteiger partial charge in [-0.15, -0.1) is 0 Å². The molecular formula is C9H15N. The van der Waals surface area contributed by atoms with Crippen molar-refractivity contribution in [1.29, 1.82) is 0 Å². The fourth-order valence-corrected chi connectivity index (χ4v) is 1.85. The molecule has 2 rings (SSSR count). The fourth-order valence-electron chi connectivity index (χ4n) is 1.85. The molecule has 56 valence electrons. The van der Waals surface area contributed by atoms with E-state index in [-0.39, 0.29) is 0 Å². The van der Waals surface area contributed by atoms with Crippen molar-refractivity contribution in [2.24, 2.45) is 0 Å². The number of nitrogens with zero attached hydrogens (tertiary/aromatic N) is 1. The maximum atomic E-state index is 2.44. The van der Waals surface area contributed by atoms with E-state index in [4.69, 9.17) is 0 Å². The van der Waals surface area contributed by atoms with Crippen LogP contribution in [-0.4, -0.2) is 25.0 Å². The predicted molar refractivity (Wildman–Crippen MR) is 43.0 cm³/mol. The molecule has 0 unspecified atom stereocenters. The van der Waals surface area contributed by atoms with Crippen LogP contribution in [0.1, 0.15) is 25.7 Å². The van der Waals surface area contributed by atoms with Crippen LogP contribution in [0.4, 0.5) is 0 Å². The summed E-state index contributed by atoms with van der Waals surface area (Å²) >= 11 is 0.